The summed E-state index contributed by atoms with van der Waals surface area (Å²) in [6.45, 7) is 1.88. The molecule has 0 atom stereocenters. The molecule has 0 bridgehead atoms. The predicted molar refractivity (Wildman–Crippen MR) is 85.2 cm³/mol. The fourth-order valence-corrected chi connectivity index (χ4v) is 2.33. The first-order valence-corrected chi connectivity index (χ1v) is 7.06. The predicted octanol–water partition coefficient (Wildman–Crippen LogP) is 4.17. The average molecular weight is 347 g/mol. The summed E-state index contributed by atoms with van der Waals surface area (Å²) in [5, 5.41) is 11.7. The van der Waals surface area contributed by atoms with Crippen LogP contribution in [0.15, 0.2) is 45.8 Å². The lowest BCUT2D eigenvalue weighted by atomic mass is 10.1. The number of thiol groups is 1. The molecule has 0 aliphatic heterocycles. The summed E-state index contributed by atoms with van der Waals surface area (Å²) in [6, 6.07) is 12.5. The lowest BCUT2D eigenvalue weighted by Crippen LogP contribution is -2.13. The third-order valence-electron chi connectivity index (χ3n) is 2.81. The quantitative estimate of drug-likeness (QED) is 0.801. The zero-order valence-electron chi connectivity index (χ0n) is 10.6. The molecule has 0 aliphatic rings. The van der Waals surface area contributed by atoms with E-state index < -0.39 is 0 Å². The maximum atomic E-state index is 12.3. The minimum absolute atomic E-state index is 0.244. The highest BCUT2D eigenvalue weighted by molar-refractivity contribution is 9.10. The SMILES string of the molecule is Cc1ccc(C#N)cc1NC(=O)c1cc(S)ccc1Br. The third kappa shape index (κ3) is 3.21. The van der Waals surface area contributed by atoms with Crippen molar-refractivity contribution >= 4 is 40.2 Å². The number of hydrogen-bond donors (Lipinski definition) is 2. The van der Waals surface area contributed by atoms with Crippen LogP contribution in [-0.4, -0.2) is 5.91 Å². The second-order valence-electron chi connectivity index (χ2n) is 4.26. The number of nitrogens with one attached hydrogen (secondary N) is 1. The molecule has 20 heavy (non-hydrogen) atoms. The molecule has 0 heterocycles. The van der Waals surface area contributed by atoms with Crippen LogP contribution in [0.3, 0.4) is 0 Å². The van der Waals surface area contributed by atoms with E-state index in [2.05, 4.69) is 39.9 Å². The van der Waals surface area contributed by atoms with Crippen LogP contribution < -0.4 is 5.32 Å². The van der Waals surface area contributed by atoms with Crippen LogP contribution in [0.4, 0.5) is 5.69 Å². The van der Waals surface area contributed by atoms with Crippen molar-refractivity contribution in [3.05, 3.63) is 57.6 Å². The molecule has 1 N–H and O–H groups in total. The van der Waals surface area contributed by atoms with Crippen LogP contribution in [0.2, 0.25) is 0 Å². The molecular formula is C15H11BrN2OS. The number of hydrogen-bond acceptors (Lipinski definition) is 3. The first kappa shape index (κ1) is 14.6. The van der Waals surface area contributed by atoms with Crippen molar-refractivity contribution in [2.24, 2.45) is 0 Å². The monoisotopic (exact) mass is 346 g/mol. The Labute approximate surface area is 131 Å². The van der Waals surface area contributed by atoms with Gasteiger partial charge in [-0.2, -0.15) is 5.26 Å². The van der Waals surface area contributed by atoms with Gasteiger partial charge in [-0.15, -0.1) is 12.6 Å². The number of carbonyl (C=O) groups excluding carboxylic acids is 1. The van der Waals surface area contributed by atoms with Gasteiger partial charge in [-0.05, 0) is 58.7 Å². The molecule has 0 fully saturated rings. The summed E-state index contributed by atoms with van der Waals surface area (Å²) in [7, 11) is 0. The number of rotatable bonds is 2. The Morgan fingerprint density at radius 1 is 1.30 bits per heavy atom. The number of nitriles is 1. The Bertz CT molecular complexity index is 722. The summed E-state index contributed by atoms with van der Waals surface area (Å²) in [5.41, 5.74) is 2.54. The Balaban J connectivity index is 2.33. The minimum atomic E-state index is -0.244. The molecule has 0 saturated carbocycles. The first-order valence-electron chi connectivity index (χ1n) is 5.82. The summed E-state index contributed by atoms with van der Waals surface area (Å²) in [6.07, 6.45) is 0. The summed E-state index contributed by atoms with van der Waals surface area (Å²) >= 11 is 7.57. The van der Waals surface area contributed by atoms with Gasteiger partial charge in [0.05, 0.1) is 17.2 Å². The smallest absolute Gasteiger partial charge is 0.256 e. The number of benzene rings is 2. The van der Waals surface area contributed by atoms with Gasteiger partial charge in [0, 0.05) is 15.1 Å². The van der Waals surface area contributed by atoms with Gasteiger partial charge < -0.3 is 5.32 Å². The lowest BCUT2D eigenvalue weighted by molar-refractivity contribution is 0.102. The van der Waals surface area contributed by atoms with Crippen molar-refractivity contribution in [1.82, 2.24) is 0 Å². The molecule has 2 rings (SSSR count). The van der Waals surface area contributed by atoms with Crippen molar-refractivity contribution in [2.45, 2.75) is 11.8 Å². The highest BCUT2D eigenvalue weighted by atomic mass is 79.9. The summed E-state index contributed by atoms with van der Waals surface area (Å²) in [4.78, 5) is 13.0. The Hall–Kier alpha value is -1.77. The first-order chi connectivity index (χ1) is 9.51. The maximum absolute atomic E-state index is 12.3. The number of nitrogens with zero attached hydrogens (tertiary/aromatic N) is 1. The Morgan fingerprint density at radius 2 is 2.05 bits per heavy atom. The molecule has 0 unspecified atom stereocenters. The number of aryl methyl sites for hydroxylation is 1. The number of anilines is 1. The number of carbonyl (C=O) groups is 1. The zero-order valence-corrected chi connectivity index (χ0v) is 13.1. The molecule has 0 saturated heterocycles. The molecule has 2 aromatic carbocycles. The van der Waals surface area contributed by atoms with Crippen LogP contribution in [0, 0.1) is 18.3 Å². The van der Waals surface area contributed by atoms with Crippen LogP contribution in [0.25, 0.3) is 0 Å². The fraction of sp³-hybridized carbons (Fsp3) is 0.0667. The zero-order chi connectivity index (χ0) is 14.7. The summed E-state index contributed by atoms with van der Waals surface area (Å²) in [5.74, 6) is -0.244. The van der Waals surface area contributed by atoms with Crippen molar-refractivity contribution in [1.29, 1.82) is 5.26 Å². The Morgan fingerprint density at radius 3 is 2.75 bits per heavy atom. The van der Waals surface area contributed by atoms with E-state index in [9.17, 15) is 4.79 Å². The molecule has 5 heteroatoms. The van der Waals surface area contributed by atoms with Crippen molar-refractivity contribution in [3.63, 3.8) is 0 Å². The van der Waals surface area contributed by atoms with E-state index >= 15 is 0 Å². The second-order valence-corrected chi connectivity index (χ2v) is 5.63. The summed E-state index contributed by atoms with van der Waals surface area (Å²) < 4.78 is 0.696. The maximum Gasteiger partial charge on any atom is 0.256 e. The standard InChI is InChI=1S/C15H11BrN2OS/c1-9-2-3-10(8-17)6-14(9)18-15(19)12-7-11(20)4-5-13(12)16/h2-7,20H,1H3,(H,18,19). The van der Waals surface area contributed by atoms with E-state index in [0.717, 1.165) is 5.56 Å². The van der Waals surface area contributed by atoms with Crippen molar-refractivity contribution in [3.8, 4) is 6.07 Å². The molecule has 1 amide bonds. The van der Waals surface area contributed by atoms with Gasteiger partial charge in [0.1, 0.15) is 0 Å². The molecule has 100 valence electrons. The fourth-order valence-electron chi connectivity index (χ4n) is 1.70. The molecule has 0 spiro atoms. The highest BCUT2D eigenvalue weighted by Gasteiger charge is 2.12. The van der Waals surface area contributed by atoms with Gasteiger partial charge in [-0.1, -0.05) is 6.07 Å². The van der Waals surface area contributed by atoms with E-state index in [4.69, 9.17) is 5.26 Å². The van der Waals surface area contributed by atoms with Crippen LogP contribution in [0.5, 0.6) is 0 Å². The molecular weight excluding hydrogens is 336 g/mol. The third-order valence-corrected chi connectivity index (χ3v) is 3.78. The lowest BCUT2D eigenvalue weighted by Gasteiger charge is -2.10. The van der Waals surface area contributed by atoms with Gasteiger partial charge in [-0.3, -0.25) is 4.79 Å². The van der Waals surface area contributed by atoms with E-state index in [-0.39, 0.29) is 5.91 Å². The van der Waals surface area contributed by atoms with Crippen LogP contribution >= 0.6 is 28.6 Å². The molecule has 0 aromatic heterocycles. The van der Waals surface area contributed by atoms with Crippen LogP contribution in [0.1, 0.15) is 21.5 Å². The van der Waals surface area contributed by atoms with Gasteiger partial charge >= 0.3 is 0 Å². The topological polar surface area (TPSA) is 52.9 Å². The second kappa shape index (κ2) is 6.12. The van der Waals surface area contributed by atoms with Crippen molar-refractivity contribution < 1.29 is 4.79 Å². The largest absolute Gasteiger partial charge is 0.322 e. The van der Waals surface area contributed by atoms with Crippen LogP contribution in [-0.2, 0) is 0 Å². The van der Waals surface area contributed by atoms with Gasteiger partial charge in [0.2, 0.25) is 0 Å². The average Bonchev–Trinajstić information content (AvgIpc) is 2.43. The highest BCUT2D eigenvalue weighted by Crippen LogP contribution is 2.23. The van der Waals surface area contributed by atoms with Crippen molar-refractivity contribution in [2.75, 3.05) is 5.32 Å². The van der Waals surface area contributed by atoms with Gasteiger partial charge in [0.25, 0.3) is 5.91 Å². The normalized spacial score (nSPS) is 9.90. The molecule has 3 nitrogen and oxygen atoms in total. The Kier molecular flexibility index (Phi) is 4.48. The van der Waals surface area contributed by atoms with Gasteiger partial charge in [0.15, 0.2) is 0 Å². The van der Waals surface area contributed by atoms with E-state index in [1.165, 1.54) is 0 Å². The van der Waals surface area contributed by atoms with Gasteiger partial charge in [-0.25, -0.2) is 0 Å². The minimum Gasteiger partial charge on any atom is -0.322 e. The van der Waals surface area contributed by atoms with E-state index in [0.29, 0.717) is 26.2 Å². The number of halogens is 1. The molecule has 0 radical (unpaired) electrons. The van der Waals surface area contributed by atoms with E-state index in [1.807, 2.05) is 6.92 Å². The molecule has 0 aliphatic carbocycles. The molecule has 2 aromatic rings. The number of amides is 1. The van der Waals surface area contributed by atoms with E-state index in [1.54, 1.807) is 36.4 Å².